The summed E-state index contributed by atoms with van der Waals surface area (Å²) < 4.78 is 2.08. The lowest BCUT2D eigenvalue weighted by molar-refractivity contribution is -0.132. The van der Waals surface area contributed by atoms with Crippen molar-refractivity contribution in [2.75, 3.05) is 0 Å². The number of hydrogen-bond donors (Lipinski definition) is 1. The summed E-state index contributed by atoms with van der Waals surface area (Å²) >= 11 is 6.53. The largest absolute Gasteiger partial charge is 0.478 e. The summed E-state index contributed by atoms with van der Waals surface area (Å²) in [4.78, 5) is 11.1. The molecule has 2 rings (SSSR count). The number of aryl methyl sites for hydroxylation is 3. The Morgan fingerprint density at radius 2 is 2.05 bits per heavy atom. The van der Waals surface area contributed by atoms with E-state index < -0.39 is 5.97 Å². The van der Waals surface area contributed by atoms with Crippen molar-refractivity contribution in [1.29, 1.82) is 0 Å². The molecular weight excluding hydrogens is 286 g/mol. The molecule has 0 aliphatic carbocycles. The Morgan fingerprint density at radius 3 is 2.62 bits per heavy atom. The van der Waals surface area contributed by atoms with Crippen LogP contribution in [-0.2, 0) is 11.3 Å². The van der Waals surface area contributed by atoms with Crippen LogP contribution in [0.4, 0.5) is 0 Å². The van der Waals surface area contributed by atoms with Crippen LogP contribution in [0.5, 0.6) is 0 Å². The van der Waals surface area contributed by atoms with Gasteiger partial charge in [-0.25, -0.2) is 4.79 Å². The van der Waals surface area contributed by atoms with Gasteiger partial charge in [-0.2, -0.15) is 0 Å². The van der Waals surface area contributed by atoms with Crippen LogP contribution in [0.15, 0.2) is 17.7 Å². The quantitative estimate of drug-likeness (QED) is 0.824. The SMILES string of the molecule is CCCn1c(Cl)c(/C=C(\C)C(=O)O)c2cc(C)cc(C)c21. The summed E-state index contributed by atoms with van der Waals surface area (Å²) in [6.07, 6.45) is 2.63. The van der Waals surface area contributed by atoms with E-state index in [4.69, 9.17) is 16.7 Å². The molecule has 1 aromatic carbocycles. The van der Waals surface area contributed by atoms with Crippen molar-refractivity contribution in [3.05, 3.63) is 39.5 Å². The van der Waals surface area contributed by atoms with Crippen molar-refractivity contribution in [3.63, 3.8) is 0 Å². The number of aromatic nitrogens is 1. The molecular formula is C17H20ClNO2. The maximum atomic E-state index is 11.1. The van der Waals surface area contributed by atoms with Gasteiger partial charge in [-0.15, -0.1) is 0 Å². The lowest BCUT2D eigenvalue weighted by Gasteiger charge is -2.07. The normalized spacial score (nSPS) is 12.1. The lowest BCUT2D eigenvalue weighted by atomic mass is 10.0. The molecule has 0 saturated heterocycles. The van der Waals surface area contributed by atoms with E-state index in [-0.39, 0.29) is 5.57 Å². The summed E-state index contributed by atoms with van der Waals surface area (Å²) in [6, 6.07) is 4.20. The third-order valence-corrected chi connectivity index (χ3v) is 4.02. The third-order valence-electron chi connectivity index (χ3n) is 3.61. The standard InChI is InChI=1S/C17H20ClNO2/c1-5-6-19-15-11(3)7-10(2)8-13(15)14(16(19)18)9-12(4)17(20)21/h7-9H,5-6H2,1-4H3,(H,20,21)/b12-9+. The van der Waals surface area contributed by atoms with Gasteiger partial charge in [0, 0.05) is 23.1 Å². The highest BCUT2D eigenvalue weighted by molar-refractivity contribution is 6.33. The summed E-state index contributed by atoms with van der Waals surface area (Å²) in [6.45, 7) is 8.61. The van der Waals surface area contributed by atoms with E-state index in [1.54, 1.807) is 13.0 Å². The van der Waals surface area contributed by atoms with Crippen molar-refractivity contribution in [3.8, 4) is 0 Å². The van der Waals surface area contributed by atoms with Gasteiger partial charge in [0.2, 0.25) is 0 Å². The van der Waals surface area contributed by atoms with Crippen LogP contribution in [0.25, 0.3) is 17.0 Å². The number of halogens is 1. The van der Waals surface area contributed by atoms with E-state index in [0.717, 1.165) is 40.6 Å². The van der Waals surface area contributed by atoms with Crippen LogP contribution in [0, 0.1) is 13.8 Å². The second-order valence-electron chi connectivity index (χ2n) is 5.47. The minimum atomic E-state index is -0.924. The number of carbonyl (C=O) groups is 1. The van der Waals surface area contributed by atoms with Crippen LogP contribution < -0.4 is 0 Å². The second-order valence-corrected chi connectivity index (χ2v) is 5.82. The Hall–Kier alpha value is -1.74. The molecule has 3 nitrogen and oxygen atoms in total. The highest BCUT2D eigenvalue weighted by Crippen LogP contribution is 2.34. The molecule has 0 fully saturated rings. The summed E-state index contributed by atoms with van der Waals surface area (Å²) in [5, 5.41) is 10.7. The van der Waals surface area contributed by atoms with Crippen molar-refractivity contribution in [1.82, 2.24) is 4.57 Å². The van der Waals surface area contributed by atoms with Gasteiger partial charge in [-0.1, -0.05) is 30.2 Å². The number of carboxylic acids is 1. The molecule has 0 bridgehead atoms. The molecule has 0 aliphatic heterocycles. The van der Waals surface area contributed by atoms with Gasteiger partial charge in [0.25, 0.3) is 0 Å². The van der Waals surface area contributed by atoms with Crippen molar-refractivity contribution in [2.24, 2.45) is 0 Å². The Balaban J connectivity index is 2.84. The fraction of sp³-hybridized carbons (Fsp3) is 0.353. The van der Waals surface area contributed by atoms with Gasteiger partial charge < -0.3 is 9.67 Å². The van der Waals surface area contributed by atoms with Crippen molar-refractivity contribution < 1.29 is 9.90 Å². The Labute approximate surface area is 129 Å². The maximum Gasteiger partial charge on any atom is 0.331 e. The molecule has 0 amide bonds. The molecule has 0 atom stereocenters. The Kier molecular flexibility index (Phi) is 4.43. The Morgan fingerprint density at radius 1 is 1.38 bits per heavy atom. The molecule has 0 radical (unpaired) electrons. The highest BCUT2D eigenvalue weighted by Gasteiger charge is 2.17. The number of fused-ring (bicyclic) bond motifs is 1. The van der Waals surface area contributed by atoms with Crippen LogP contribution in [-0.4, -0.2) is 15.6 Å². The van der Waals surface area contributed by atoms with Crippen molar-refractivity contribution in [2.45, 2.75) is 40.7 Å². The van der Waals surface area contributed by atoms with Crippen molar-refractivity contribution >= 4 is 34.5 Å². The minimum absolute atomic E-state index is 0.284. The van der Waals surface area contributed by atoms with E-state index in [1.165, 1.54) is 0 Å². The topological polar surface area (TPSA) is 42.2 Å². The molecule has 4 heteroatoms. The zero-order chi connectivity index (χ0) is 15.7. The summed E-state index contributed by atoms with van der Waals surface area (Å²) in [5.41, 5.74) is 4.48. The number of nitrogens with zero attached hydrogens (tertiary/aromatic N) is 1. The molecule has 0 saturated carbocycles. The van der Waals surface area contributed by atoms with Crippen LogP contribution in [0.3, 0.4) is 0 Å². The number of rotatable bonds is 4. The molecule has 0 unspecified atom stereocenters. The molecule has 1 heterocycles. The molecule has 0 spiro atoms. The Bertz CT molecular complexity index is 741. The van der Waals surface area contributed by atoms with E-state index in [0.29, 0.717) is 5.15 Å². The highest BCUT2D eigenvalue weighted by atomic mass is 35.5. The molecule has 1 N–H and O–H groups in total. The first kappa shape index (κ1) is 15.6. The number of benzene rings is 1. The average Bonchev–Trinajstić information content (AvgIpc) is 2.64. The second kappa shape index (κ2) is 5.94. The number of carboxylic acid groups (broad SMARTS) is 1. The zero-order valence-electron chi connectivity index (χ0n) is 12.8. The van der Waals surface area contributed by atoms with Gasteiger partial charge in [0.05, 0.1) is 5.52 Å². The summed E-state index contributed by atoms with van der Waals surface area (Å²) in [5.74, 6) is -0.924. The third kappa shape index (κ3) is 2.84. The van der Waals surface area contributed by atoms with Crippen LogP contribution in [0.2, 0.25) is 5.15 Å². The number of aliphatic carboxylic acids is 1. The zero-order valence-corrected chi connectivity index (χ0v) is 13.6. The lowest BCUT2D eigenvalue weighted by Crippen LogP contribution is -1.98. The van der Waals surface area contributed by atoms with E-state index in [9.17, 15) is 4.79 Å². The first-order valence-corrected chi connectivity index (χ1v) is 7.45. The molecule has 112 valence electrons. The van der Waals surface area contributed by atoms with Gasteiger partial charge in [0.1, 0.15) is 5.15 Å². The fourth-order valence-corrected chi connectivity index (χ4v) is 3.05. The van der Waals surface area contributed by atoms with Gasteiger partial charge in [0.15, 0.2) is 0 Å². The van der Waals surface area contributed by atoms with Gasteiger partial charge in [-0.3, -0.25) is 0 Å². The van der Waals surface area contributed by atoms with Gasteiger partial charge in [-0.05, 0) is 44.9 Å². The predicted molar refractivity (Wildman–Crippen MR) is 88.0 cm³/mol. The molecule has 1 aromatic heterocycles. The smallest absolute Gasteiger partial charge is 0.331 e. The van der Waals surface area contributed by atoms with E-state index in [1.807, 2.05) is 6.92 Å². The minimum Gasteiger partial charge on any atom is -0.478 e. The van der Waals surface area contributed by atoms with Gasteiger partial charge >= 0.3 is 5.97 Å². The average molecular weight is 306 g/mol. The summed E-state index contributed by atoms with van der Waals surface area (Å²) in [7, 11) is 0. The first-order chi connectivity index (χ1) is 9.86. The maximum absolute atomic E-state index is 11.1. The number of hydrogen-bond acceptors (Lipinski definition) is 1. The fourth-order valence-electron chi connectivity index (χ4n) is 2.73. The van der Waals surface area contributed by atoms with Crippen LogP contribution in [0.1, 0.15) is 37.0 Å². The monoisotopic (exact) mass is 305 g/mol. The first-order valence-electron chi connectivity index (χ1n) is 7.07. The van der Waals surface area contributed by atoms with E-state index in [2.05, 4.69) is 30.5 Å². The molecule has 0 aliphatic rings. The van der Waals surface area contributed by atoms with E-state index >= 15 is 0 Å². The molecule has 2 aromatic rings. The van der Waals surface area contributed by atoms with Crippen LogP contribution >= 0.6 is 11.6 Å². The molecule has 21 heavy (non-hydrogen) atoms. The predicted octanol–water partition coefficient (Wildman–Crippen LogP) is 4.81.